The Morgan fingerprint density at radius 2 is 2.00 bits per heavy atom. The van der Waals surface area contributed by atoms with Gasteiger partial charge in [-0.1, -0.05) is 29.8 Å². The Kier molecular flexibility index (Phi) is 6.07. The summed E-state index contributed by atoms with van der Waals surface area (Å²) in [5.74, 6) is 0.0497. The van der Waals surface area contributed by atoms with E-state index in [4.69, 9.17) is 16.3 Å². The average Bonchev–Trinajstić information content (AvgIpc) is 2.48. The van der Waals surface area contributed by atoms with E-state index in [1.165, 1.54) is 0 Å². The highest BCUT2D eigenvalue weighted by molar-refractivity contribution is 6.31. The minimum atomic E-state index is -0.0323. The Morgan fingerprint density at radius 3 is 2.62 bits per heavy atom. The number of hydrogen-bond acceptors (Lipinski definition) is 3. The third-order valence-electron chi connectivity index (χ3n) is 4.20. The molecule has 1 aromatic rings. The topological polar surface area (TPSA) is 38.3 Å². The minimum absolute atomic E-state index is 0.0323. The molecule has 1 N–H and O–H groups in total. The Labute approximate surface area is 132 Å². The van der Waals surface area contributed by atoms with Gasteiger partial charge in [0.2, 0.25) is 0 Å². The summed E-state index contributed by atoms with van der Waals surface area (Å²) in [5.41, 5.74) is 1.13. The molecule has 0 amide bonds. The molecule has 0 bridgehead atoms. The molecule has 1 saturated carbocycles. The molecule has 21 heavy (non-hydrogen) atoms. The minimum Gasteiger partial charge on any atom is -0.466 e. The van der Waals surface area contributed by atoms with Gasteiger partial charge in [-0.05, 0) is 51.2 Å². The molecule has 1 fully saturated rings. The molecule has 3 nitrogen and oxygen atoms in total. The van der Waals surface area contributed by atoms with E-state index in [1.54, 1.807) is 0 Å². The number of nitrogens with one attached hydrogen (secondary N) is 1. The van der Waals surface area contributed by atoms with E-state index >= 15 is 0 Å². The highest BCUT2D eigenvalue weighted by Gasteiger charge is 2.28. The summed E-state index contributed by atoms with van der Waals surface area (Å²) in [7, 11) is 0. The van der Waals surface area contributed by atoms with Crippen LogP contribution >= 0.6 is 11.6 Å². The zero-order chi connectivity index (χ0) is 15.2. The number of carbonyl (C=O) groups excluding carboxylic acids is 1. The maximum Gasteiger partial charge on any atom is 0.308 e. The van der Waals surface area contributed by atoms with E-state index < -0.39 is 0 Å². The zero-order valence-electron chi connectivity index (χ0n) is 12.8. The number of hydrogen-bond donors (Lipinski definition) is 1. The molecule has 1 aromatic carbocycles. The SMILES string of the molecule is CCOC(=O)C1CCC(NC(C)c2ccccc2Cl)CC1. The molecule has 0 spiro atoms. The summed E-state index contributed by atoms with van der Waals surface area (Å²) < 4.78 is 5.11. The standard InChI is InChI=1S/C17H24ClNO2/c1-3-21-17(20)13-8-10-14(11-9-13)19-12(2)15-6-4-5-7-16(15)18/h4-7,12-14,19H,3,8-11H2,1-2H3. The van der Waals surface area contributed by atoms with Gasteiger partial charge in [-0.15, -0.1) is 0 Å². The Balaban J connectivity index is 1.83. The van der Waals surface area contributed by atoms with Crippen LogP contribution in [0.3, 0.4) is 0 Å². The summed E-state index contributed by atoms with van der Waals surface area (Å²) in [6.45, 7) is 4.47. The van der Waals surface area contributed by atoms with Crippen molar-refractivity contribution in [1.29, 1.82) is 0 Å². The largest absolute Gasteiger partial charge is 0.466 e. The zero-order valence-corrected chi connectivity index (χ0v) is 13.5. The van der Waals surface area contributed by atoms with E-state index in [-0.39, 0.29) is 17.9 Å². The quantitative estimate of drug-likeness (QED) is 0.832. The molecule has 0 aliphatic heterocycles. The number of rotatable bonds is 5. The van der Waals surface area contributed by atoms with E-state index in [1.807, 2.05) is 25.1 Å². The smallest absolute Gasteiger partial charge is 0.308 e. The van der Waals surface area contributed by atoms with Crippen molar-refractivity contribution in [2.45, 2.75) is 51.6 Å². The Hall–Kier alpha value is -1.06. The van der Waals surface area contributed by atoms with E-state index in [9.17, 15) is 4.79 Å². The van der Waals surface area contributed by atoms with E-state index in [0.29, 0.717) is 12.6 Å². The normalized spacial score (nSPS) is 23.6. The predicted octanol–water partition coefficient (Wildman–Crippen LogP) is 4.11. The second-order valence-electron chi connectivity index (χ2n) is 5.71. The molecule has 2 rings (SSSR count). The maximum absolute atomic E-state index is 11.7. The van der Waals surface area contributed by atoms with Crippen LogP contribution in [0.2, 0.25) is 5.02 Å². The van der Waals surface area contributed by atoms with Gasteiger partial charge in [0.05, 0.1) is 12.5 Å². The van der Waals surface area contributed by atoms with Crippen molar-refractivity contribution in [2.75, 3.05) is 6.61 Å². The van der Waals surface area contributed by atoms with Crippen molar-refractivity contribution in [2.24, 2.45) is 5.92 Å². The molecule has 1 unspecified atom stereocenters. The highest BCUT2D eigenvalue weighted by Crippen LogP contribution is 2.28. The Bertz CT molecular complexity index is 470. The first-order valence-electron chi connectivity index (χ1n) is 7.79. The van der Waals surface area contributed by atoms with Gasteiger partial charge in [0.15, 0.2) is 0 Å². The van der Waals surface area contributed by atoms with Crippen LogP contribution < -0.4 is 5.32 Å². The van der Waals surface area contributed by atoms with Crippen LogP contribution in [0.4, 0.5) is 0 Å². The second-order valence-corrected chi connectivity index (χ2v) is 6.12. The van der Waals surface area contributed by atoms with Crippen LogP contribution in [0.5, 0.6) is 0 Å². The number of ether oxygens (including phenoxy) is 1. The van der Waals surface area contributed by atoms with Crippen molar-refractivity contribution in [3.63, 3.8) is 0 Å². The average molecular weight is 310 g/mol. The van der Waals surface area contributed by atoms with Gasteiger partial charge in [-0.2, -0.15) is 0 Å². The molecule has 0 saturated heterocycles. The fraction of sp³-hybridized carbons (Fsp3) is 0.588. The molecular formula is C17H24ClNO2. The van der Waals surface area contributed by atoms with Crippen LogP contribution in [0.25, 0.3) is 0 Å². The fourth-order valence-electron chi connectivity index (χ4n) is 3.03. The van der Waals surface area contributed by atoms with Crippen LogP contribution in [0, 0.1) is 5.92 Å². The van der Waals surface area contributed by atoms with Crippen molar-refractivity contribution in [3.05, 3.63) is 34.9 Å². The maximum atomic E-state index is 11.7. The molecule has 1 aliphatic carbocycles. The second kappa shape index (κ2) is 7.81. The lowest BCUT2D eigenvalue weighted by Crippen LogP contribution is -2.36. The van der Waals surface area contributed by atoms with Crippen molar-refractivity contribution in [1.82, 2.24) is 5.32 Å². The molecule has 4 heteroatoms. The molecule has 1 aliphatic rings. The predicted molar refractivity (Wildman–Crippen MR) is 85.4 cm³/mol. The van der Waals surface area contributed by atoms with Gasteiger partial charge in [0, 0.05) is 17.1 Å². The summed E-state index contributed by atoms with van der Waals surface area (Å²) in [4.78, 5) is 11.7. The van der Waals surface area contributed by atoms with Gasteiger partial charge in [0.25, 0.3) is 0 Å². The lowest BCUT2D eigenvalue weighted by Gasteiger charge is -2.30. The van der Waals surface area contributed by atoms with Crippen LogP contribution in [-0.4, -0.2) is 18.6 Å². The van der Waals surface area contributed by atoms with E-state index in [2.05, 4.69) is 18.3 Å². The van der Waals surface area contributed by atoms with Gasteiger partial charge in [0.1, 0.15) is 0 Å². The lowest BCUT2D eigenvalue weighted by molar-refractivity contribution is -0.149. The van der Waals surface area contributed by atoms with Crippen LogP contribution in [-0.2, 0) is 9.53 Å². The summed E-state index contributed by atoms with van der Waals surface area (Å²) in [6, 6.07) is 8.61. The molecule has 1 atom stereocenters. The fourth-order valence-corrected chi connectivity index (χ4v) is 3.32. The lowest BCUT2D eigenvalue weighted by atomic mass is 9.85. The van der Waals surface area contributed by atoms with Crippen molar-refractivity contribution in [3.8, 4) is 0 Å². The molecule has 0 radical (unpaired) electrons. The number of carbonyl (C=O) groups is 1. The summed E-state index contributed by atoms with van der Waals surface area (Å²) in [5, 5.41) is 4.43. The molecular weight excluding hydrogens is 286 g/mol. The number of benzene rings is 1. The summed E-state index contributed by atoms with van der Waals surface area (Å²) >= 11 is 6.24. The van der Waals surface area contributed by atoms with Gasteiger partial charge in [-0.25, -0.2) is 0 Å². The highest BCUT2D eigenvalue weighted by atomic mass is 35.5. The molecule has 0 aromatic heterocycles. The van der Waals surface area contributed by atoms with Gasteiger partial charge >= 0.3 is 5.97 Å². The summed E-state index contributed by atoms with van der Waals surface area (Å²) in [6.07, 6.45) is 3.84. The van der Waals surface area contributed by atoms with Crippen molar-refractivity contribution < 1.29 is 9.53 Å². The first-order valence-corrected chi connectivity index (χ1v) is 8.16. The van der Waals surface area contributed by atoms with Gasteiger partial charge < -0.3 is 10.1 Å². The molecule has 0 heterocycles. The van der Waals surface area contributed by atoms with E-state index in [0.717, 1.165) is 36.3 Å². The monoisotopic (exact) mass is 309 g/mol. The first kappa shape index (κ1) is 16.3. The number of esters is 1. The van der Waals surface area contributed by atoms with Crippen molar-refractivity contribution >= 4 is 17.6 Å². The van der Waals surface area contributed by atoms with Gasteiger partial charge in [-0.3, -0.25) is 4.79 Å². The number of halogens is 1. The third-order valence-corrected chi connectivity index (χ3v) is 4.55. The first-order chi connectivity index (χ1) is 10.1. The molecule has 116 valence electrons. The third kappa shape index (κ3) is 4.45. The Morgan fingerprint density at radius 1 is 1.33 bits per heavy atom. The van der Waals surface area contributed by atoms with Crippen LogP contribution in [0.1, 0.15) is 51.1 Å². The van der Waals surface area contributed by atoms with Crippen LogP contribution in [0.15, 0.2) is 24.3 Å².